The third-order valence-electron chi connectivity index (χ3n) is 2.44. The minimum absolute atomic E-state index is 0.310. The molecule has 2 aromatic rings. The number of hydrogen-bond acceptors (Lipinski definition) is 1. The lowest BCUT2D eigenvalue weighted by atomic mass is 10.2. The zero-order valence-corrected chi connectivity index (χ0v) is 12.6. The van der Waals surface area contributed by atoms with Crippen LogP contribution in [0.5, 0.6) is 0 Å². The Balaban J connectivity index is 1.87. The van der Waals surface area contributed by atoms with Gasteiger partial charge in [-0.1, -0.05) is 12.1 Å². The quantitative estimate of drug-likeness (QED) is 0.767. The topological polar surface area (TPSA) is 41.1 Å². The van der Waals surface area contributed by atoms with Crippen LogP contribution in [0.25, 0.3) is 6.08 Å². The third-order valence-corrected chi connectivity index (χ3v) is 3.16. The molecule has 2 rings (SSSR count). The van der Waals surface area contributed by atoms with Gasteiger partial charge in [0, 0.05) is 15.5 Å². The van der Waals surface area contributed by atoms with E-state index in [0.29, 0.717) is 11.3 Å². The van der Waals surface area contributed by atoms with Gasteiger partial charge in [0.05, 0.1) is 0 Å². The number of rotatable bonds is 3. The predicted molar refractivity (Wildman–Crippen MR) is 86.7 cm³/mol. The van der Waals surface area contributed by atoms with Crippen molar-refractivity contribution in [3.05, 3.63) is 69.7 Å². The molecule has 3 nitrogen and oxygen atoms in total. The number of urea groups is 1. The molecule has 0 heterocycles. The van der Waals surface area contributed by atoms with Gasteiger partial charge in [-0.2, -0.15) is 0 Å². The normalized spacial score (nSPS) is 10.5. The molecule has 0 bridgehead atoms. The summed E-state index contributed by atoms with van der Waals surface area (Å²) in [5, 5.41) is 5.25. The van der Waals surface area contributed by atoms with Crippen LogP contribution in [0, 0.1) is 9.39 Å². The molecule has 20 heavy (non-hydrogen) atoms. The van der Waals surface area contributed by atoms with Crippen LogP contribution >= 0.6 is 22.6 Å². The lowest BCUT2D eigenvalue weighted by Crippen LogP contribution is -2.23. The summed E-state index contributed by atoms with van der Waals surface area (Å²) >= 11 is 2.19. The van der Waals surface area contributed by atoms with Gasteiger partial charge in [-0.25, -0.2) is 9.18 Å². The van der Waals surface area contributed by atoms with Crippen molar-refractivity contribution in [2.24, 2.45) is 0 Å². The highest BCUT2D eigenvalue weighted by atomic mass is 127. The van der Waals surface area contributed by atoms with Gasteiger partial charge in [-0.15, -0.1) is 0 Å². The first-order chi connectivity index (χ1) is 9.63. The van der Waals surface area contributed by atoms with E-state index in [4.69, 9.17) is 0 Å². The summed E-state index contributed by atoms with van der Waals surface area (Å²) in [6, 6.07) is 13.2. The predicted octanol–water partition coefficient (Wildman–Crippen LogP) is 4.22. The second-order valence-corrected chi connectivity index (χ2v) is 5.24. The van der Waals surface area contributed by atoms with Crippen molar-refractivity contribution in [1.82, 2.24) is 5.32 Å². The highest BCUT2D eigenvalue weighted by Gasteiger charge is 1.98. The number of carbonyl (C=O) groups excluding carboxylic acids is 1. The maximum absolute atomic E-state index is 12.9. The maximum Gasteiger partial charge on any atom is 0.323 e. The molecule has 5 heteroatoms. The molecule has 0 unspecified atom stereocenters. The second kappa shape index (κ2) is 7.04. The molecule has 0 radical (unpaired) electrons. The van der Waals surface area contributed by atoms with Crippen molar-refractivity contribution in [2.75, 3.05) is 5.32 Å². The number of anilines is 1. The molecule has 2 N–H and O–H groups in total. The number of halogens is 2. The van der Waals surface area contributed by atoms with Gasteiger partial charge in [0.1, 0.15) is 5.82 Å². The van der Waals surface area contributed by atoms with Crippen LogP contribution in [0.3, 0.4) is 0 Å². The summed E-state index contributed by atoms with van der Waals surface area (Å²) in [6.07, 6.45) is 3.09. The zero-order valence-electron chi connectivity index (χ0n) is 10.4. The fourth-order valence-corrected chi connectivity index (χ4v) is 1.88. The van der Waals surface area contributed by atoms with E-state index in [1.807, 2.05) is 24.3 Å². The van der Waals surface area contributed by atoms with Crippen molar-refractivity contribution >= 4 is 40.4 Å². The molecule has 0 aliphatic rings. The van der Waals surface area contributed by atoms with Crippen LogP contribution in [0.2, 0.25) is 0 Å². The highest BCUT2D eigenvalue weighted by Crippen LogP contribution is 2.10. The van der Waals surface area contributed by atoms with Gasteiger partial charge < -0.3 is 10.6 Å². The zero-order chi connectivity index (χ0) is 14.4. The number of nitrogens with one attached hydrogen (secondary N) is 2. The number of amides is 2. The van der Waals surface area contributed by atoms with Crippen molar-refractivity contribution < 1.29 is 9.18 Å². The SMILES string of the molecule is O=C(N/C=C/c1cccc(F)c1)Nc1ccc(I)cc1. The number of carbonyl (C=O) groups is 1. The lowest BCUT2D eigenvalue weighted by Gasteiger charge is -2.04. The largest absolute Gasteiger partial charge is 0.323 e. The standard InChI is InChI=1S/C15H12FIN2O/c16-12-3-1-2-11(10-12)8-9-18-15(20)19-14-6-4-13(17)5-7-14/h1-10H,(H2,18,19,20)/b9-8+. The summed E-state index contributed by atoms with van der Waals surface area (Å²) in [7, 11) is 0. The molecular weight excluding hydrogens is 370 g/mol. The Kier molecular flexibility index (Phi) is 5.11. The van der Waals surface area contributed by atoms with E-state index in [9.17, 15) is 9.18 Å². The van der Waals surface area contributed by atoms with Crippen LogP contribution in [0.1, 0.15) is 5.56 Å². The highest BCUT2D eigenvalue weighted by molar-refractivity contribution is 14.1. The summed E-state index contributed by atoms with van der Waals surface area (Å²) < 4.78 is 14.0. The molecule has 0 aliphatic heterocycles. The second-order valence-electron chi connectivity index (χ2n) is 3.99. The molecule has 0 aromatic heterocycles. The Morgan fingerprint density at radius 2 is 1.90 bits per heavy atom. The first-order valence-corrected chi connectivity index (χ1v) is 6.96. The molecule has 2 aromatic carbocycles. The van der Waals surface area contributed by atoms with Crippen molar-refractivity contribution in [1.29, 1.82) is 0 Å². The molecule has 0 fully saturated rings. The van der Waals surface area contributed by atoms with E-state index < -0.39 is 0 Å². The van der Waals surface area contributed by atoms with Gasteiger partial charge in [-0.3, -0.25) is 0 Å². The third kappa shape index (κ3) is 4.65. The van der Waals surface area contributed by atoms with E-state index in [-0.39, 0.29) is 11.8 Å². The molecule has 102 valence electrons. The number of hydrogen-bond donors (Lipinski definition) is 2. The Morgan fingerprint density at radius 1 is 1.15 bits per heavy atom. The van der Waals surface area contributed by atoms with E-state index in [1.54, 1.807) is 18.2 Å². The fourth-order valence-electron chi connectivity index (χ4n) is 1.52. The molecule has 0 atom stereocenters. The van der Waals surface area contributed by atoms with E-state index in [2.05, 4.69) is 33.2 Å². The van der Waals surface area contributed by atoms with Crippen LogP contribution in [0.4, 0.5) is 14.9 Å². The molecule has 0 saturated carbocycles. The molecular formula is C15H12FIN2O. The van der Waals surface area contributed by atoms with Crippen LogP contribution < -0.4 is 10.6 Å². The van der Waals surface area contributed by atoms with E-state index in [1.165, 1.54) is 18.3 Å². The van der Waals surface area contributed by atoms with Crippen molar-refractivity contribution in [2.45, 2.75) is 0 Å². The van der Waals surface area contributed by atoms with Crippen molar-refractivity contribution in [3.63, 3.8) is 0 Å². The van der Waals surface area contributed by atoms with Crippen molar-refractivity contribution in [3.8, 4) is 0 Å². The summed E-state index contributed by atoms with van der Waals surface area (Å²) in [5.74, 6) is -0.310. The summed E-state index contributed by atoms with van der Waals surface area (Å²) in [5.41, 5.74) is 1.39. The molecule has 0 aliphatic carbocycles. The summed E-state index contributed by atoms with van der Waals surface area (Å²) in [4.78, 5) is 11.6. The Hall–Kier alpha value is -1.89. The average molecular weight is 382 g/mol. The van der Waals surface area contributed by atoms with Gasteiger partial charge in [-0.05, 0) is 70.6 Å². The van der Waals surface area contributed by atoms with Crippen LogP contribution in [0.15, 0.2) is 54.7 Å². The van der Waals surface area contributed by atoms with E-state index >= 15 is 0 Å². The minimum Gasteiger partial charge on any atom is -0.314 e. The molecule has 2 amide bonds. The van der Waals surface area contributed by atoms with Crippen LogP contribution in [-0.4, -0.2) is 6.03 Å². The average Bonchev–Trinajstić information content (AvgIpc) is 2.41. The van der Waals surface area contributed by atoms with Gasteiger partial charge in [0.15, 0.2) is 0 Å². The Bertz CT molecular complexity index is 626. The smallest absolute Gasteiger partial charge is 0.314 e. The van der Waals surface area contributed by atoms with Gasteiger partial charge in [0.2, 0.25) is 0 Å². The van der Waals surface area contributed by atoms with Gasteiger partial charge in [0.25, 0.3) is 0 Å². The van der Waals surface area contributed by atoms with E-state index in [0.717, 1.165) is 3.57 Å². The number of benzene rings is 2. The lowest BCUT2D eigenvalue weighted by molar-refractivity contribution is 0.255. The summed E-state index contributed by atoms with van der Waals surface area (Å²) in [6.45, 7) is 0. The maximum atomic E-state index is 12.9. The minimum atomic E-state index is -0.348. The van der Waals surface area contributed by atoms with Crippen LogP contribution in [-0.2, 0) is 0 Å². The molecule has 0 spiro atoms. The Morgan fingerprint density at radius 3 is 2.60 bits per heavy atom. The fraction of sp³-hybridized carbons (Fsp3) is 0. The van der Waals surface area contributed by atoms with Gasteiger partial charge >= 0.3 is 6.03 Å². The monoisotopic (exact) mass is 382 g/mol. The first kappa shape index (κ1) is 14.5. The first-order valence-electron chi connectivity index (χ1n) is 5.89. The Labute approximate surface area is 130 Å². The molecule has 0 saturated heterocycles.